The van der Waals surface area contributed by atoms with Crippen molar-refractivity contribution in [3.8, 4) is 0 Å². The summed E-state index contributed by atoms with van der Waals surface area (Å²) in [6.45, 7) is 0. The van der Waals surface area contributed by atoms with Crippen molar-refractivity contribution in [3.63, 3.8) is 0 Å². The third kappa shape index (κ3) is 3.01. The molecule has 0 spiro atoms. The Labute approximate surface area is 121 Å². The molecule has 1 atom stereocenters. The monoisotopic (exact) mass is 284 g/mol. The lowest BCUT2D eigenvalue weighted by molar-refractivity contribution is 0.517. The Morgan fingerprint density at radius 1 is 1.10 bits per heavy atom. The predicted molar refractivity (Wildman–Crippen MR) is 82.4 cm³/mol. The van der Waals surface area contributed by atoms with Gasteiger partial charge in [0.2, 0.25) is 0 Å². The summed E-state index contributed by atoms with van der Waals surface area (Å²) in [5.41, 5.74) is 4.97. The molecule has 3 aromatic rings. The van der Waals surface area contributed by atoms with Gasteiger partial charge in [0.15, 0.2) is 0 Å². The molecule has 2 aromatic heterocycles. The Kier molecular flexibility index (Phi) is 4.01. The average molecular weight is 284 g/mol. The van der Waals surface area contributed by atoms with E-state index in [9.17, 15) is 0 Å². The summed E-state index contributed by atoms with van der Waals surface area (Å²) < 4.78 is 1.22. The number of hydrogen-bond donors (Lipinski definition) is 2. The summed E-state index contributed by atoms with van der Waals surface area (Å²) in [5, 5.41) is 1.10. The lowest BCUT2D eigenvalue weighted by Gasteiger charge is -2.13. The fourth-order valence-electron chi connectivity index (χ4n) is 2.18. The van der Waals surface area contributed by atoms with Gasteiger partial charge in [0.1, 0.15) is 0 Å². The van der Waals surface area contributed by atoms with Gasteiger partial charge in [0.25, 0.3) is 0 Å². The molecular weight excluding hydrogens is 268 g/mol. The number of aromatic nitrogens is 2. The molecule has 3 rings (SSSR count). The minimum atomic E-state index is 0.144. The van der Waals surface area contributed by atoms with Gasteiger partial charge in [-0.3, -0.25) is 16.3 Å². The van der Waals surface area contributed by atoms with Crippen LogP contribution in [-0.4, -0.2) is 16.0 Å². The van der Waals surface area contributed by atoms with Crippen LogP contribution in [0.5, 0.6) is 0 Å². The second-order valence-electron chi connectivity index (χ2n) is 4.67. The molecule has 0 saturated carbocycles. The van der Waals surface area contributed by atoms with Crippen LogP contribution >= 0.6 is 11.3 Å². The summed E-state index contributed by atoms with van der Waals surface area (Å²) in [6.07, 6.45) is 3.42. The van der Waals surface area contributed by atoms with Crippen LogP contribution in [0.1, 0.15) is 10.7 Å². The van der Waals surface area contributed by atoms with Crippen molar-refractivity contribution in [2.75, 3.05) is 0 Å². The molecule has 0 amide bonds. The molecule has 20 heavy (non-hydrogen) atoms. The second kappa shape index (κ2) is 6.09. The first kappa shape index (κ1) is 13.2. The highest BCUT2D eigenvalue weighted by Crippen LogP contribution is 2.22. The molecule has 0 fully saturated rings. The number of nitrogens with two attached hydrogens (primary N) is 1. The first-order chi connectivity index (χ1) is 9.85. The first-order valence-corrected chi connectivity index (χ1v) is 7.37. The number of pyridine rings is 1. The molecule has 5 heteroatoms. The van der Waals surface area contributed by atoms with Crippen molar-refractivity contribution >= 4 is 21.6 Å². The van der Waals surface area contributed by atoms with Crippen molar-refractivity contribution in [3.05, 3.63) is 59.4 Å². The zero-order chi connectivity index (χ0) is 13.8. The van der Waals surface area contributed by atoms with Crippen LogP contribution in [0.2, 0.25) is 0 Å². The summed E-state index contributed by atoms with van der Waals surface area (Å²) >= 11 is 1.72. The van der Waals surface area contributed by atoms with Crippen LogP contribution in [0.3, 0.4) is 0 Å². The van der Waals surface area contributed by atoms with Gasteiger partial charge in [0.05, 0.1) is 15.2 Å². The quantitative estimate of drug-likeness (QED) is 0.557. The SMILES string of the molecule is NNC(Cc1ccccn1)Cc1nc2ccccc2s1. The Hall–Kier alpha value is -1.82. The molecule has 0 bridgehead atoms. The number of nitrogens with zero attached hydrogens (tertiary/aromatic N) is 2. The van der Waals surface area contributed by atoms with E-state index in [2.05, 4.69) is 21.5 Å². The number of hydrazine groups is 1. The third-order valence-electron chi connectivity index (χ3n) is 3.18. The number of thiazole rings is 1. The normalized spacial score (nSPS) is 12.7. The lowest BCUT2D eigenvalue weighted by Crippen LogP contribution is -2.38. The number of benzene rings is 1. The molecule has 1 unspecified atom stereocenters. The van der Waals surface area contributed by atoms with Gasteiger partial charge in [-0.25, -0.2) is 4.98 Å². The van der Waals surface area contributed by atoms with E-state index in [1.165, 1.54) is 4.70 Å². The number of para-hydroxylation sites is 1. The molecule has 0 aliphatic rings. The second-order valence-corrected chi connectivity index (χ2v) is 5.78. The highest BCUT2D eigenvalue weighted by atomic mass is 32.1. The zero-order valence-corrected chi connectivity index (χ0v) is 11.8. The van der Waals surface area contributed by atoms with E-state index in [0.29, 0.717) is 0 Å². The standard InChI is InChI=1S/C15H16N4S/c16-19-12(9-11-5-3-4-8-17-11)10-15-18-13-6-1-2-7-14(13)20-15/h1-8,12,19H,9-10,16H2. The van der Waals surface area contributed by atoms with Crippen LogP contribution in [0.15, 0.2) is 48.7 Å². The maximum atomic E-state index is 5.66. The van der Waals surface area contributed by atoms with Gasteiger partial charge >= 0.3 is 0 Å². The number of rotatable bonds is 5. The van der Waals surface area contributed by atoms with Crippen LogP contribution in [0, 0.1) is 0 Å². The van der Waals surface area contributed by atoms with Gasteiger partial charge in [-0.1, -0.05) is 18.2 Å². The molecular formula is C15H16N4S. The maximum absolute atomic E-state index is 5.66. The average Bonchev–Trinajstić information content (AvgIpc) is 2.90. The molecule has 3 N–H and O–H groups in total. The molecule has 4 nitrogen and oxygen atoms in total. The highest BCUT2D eigenvalue weighted by Gasteiger charge is 2.12. The first-order valence-electron chi connectivity index (χ1n) is 6.55. The van der Waals surface area contributed by atoms with E-state index in [1.807, 2.05) is 36.4 Å². The highest BCUT2D eigenvalue weighted by molar-refractivity contribution is 7.18. The molecule has 0 radical (unpaired) electrons. The van der Waals surface area contributed by atoms with E-state index in [-0.39, 0.29) is 6.04 Å². The fraction of sp³-hybridized carbons (Fsp3) is 0.200. The van der Waals surface area contributed by atoms with Gasteiger partial charge in [-0.2, -0.15) is 0 Å². The van der Waals surface area contributed by atoms with E-state index < -0.39 is 0 Å². The topological polar surface area (TPSA) is 63.8 Å². The minimum Gasteiger partial charge on any atom is -0.271 e. The van der Waals surface area contributed by atoms with Gasteiger partial charge in [-0.15, -0.1) is 11.3 Å². The third-order valence-corrected chi connectivity index (χ3v) is 4.24. The maximum Gasteiger partial charge on any atom is 0.0954 e. The molecule has 102 valence electrons. The van der Waals surface area contributed by atoms with E-state index in [1.54, 1.807) is 17.5 Å². The number of fused-ring (bicyclic) bond motifs is 1. The van der Waals surface area contributed by atoms with Crippen LogP contribution in [-0.2, 0) is 12.8 Å². The molecule has 0 saturated heterocycles. The largest absolute Gasteiger partial charge is 0.271 e. The lowest BCUT2D eigenvalue weighted by atomic mass is 10.1. The van der Waals surface area contributed by atoms with E-state index in [4.69, 9.17) is 5.84 Å². The van der Waals surface area contributed by atoms with Crippen LogP contribution < -0.4 is 11.3 Å². The molecule has 0 aliphatic carbocycles. The Balaban J connectivity index is 1.74. The van der Waals surface area contributed by atoms with Gasteiger partial charge < -0.3 is 0 Å². The van der Waals surface area contributed by atoms with E-state index >= 15 is 0 Å². The zero-order valence-electron chi connectivity index (χ0n) is 11.0. The summed E-state index contributed by atoms with van der Waals surface area (Å²) in [4.78, 5) is 8.98. The smallest absolute Gasteiger partial charge is 0.0954 e. The summed E-state index contributed by atoms with van der Waals surface area (Å²) in [5.74, 6) is 5.66. The van der Waals surface area contributed by atoms with Crippen molar-refractivity contribution in [2.24, 2.45) is 5.84 Å². The van der Waals surface area contributed by atoms with Crippen molar-refractivity contribution in [1.82, 2.24) is 15.4 Å². The summed E-state index contributed by atoms with van der Waals surface area (Å²) in [7, 11) is 0. The Morgan fingerprint density at radius 3 is 2.70 bits per heavy atom. The Morgan fingerprint density at radius 2 is 1.95 bits per heavy atom. The van der Waals surface area contributed by atoms with Gasteiger partial charge in [-0.05, 0) is 24.3 Å². The number of nitrogens with one attached hydrogen (secondary N) is 1. The van der Waals surface area contributed by atoms with Crippen molar-refractivity contribution < 1.29 is 0 Å². The molecule has 2 heterocycles. The predicted octanol–water partition coefficient (Wildman–Crippen LogP) is 2.31. The van der Waals surface area contributed by atoms with Crippen molar-refractivity contribution in [2.45, 2.75) is 18.9 Å². The molecule has 1 aromatic carbocycles. The Bertz CT molecular complexity index is 647. The van der Waals surface area contributed by atoms with Crippen LogP contribution in [0.4, 0.5) is 0 Å². The van der Waals surface area contributed by atoms with Gasteiger partial charge in [0, 0.05) is 30.8 Å². The van der Waals surface area contributed by atoms with Crippen molar-refractivity contribution in [1.29, 1.82) is 0 Å². The minimum absolute atomic E-state index is 0.144. The number of hydrogen-bond acceptors (Lipinski definition) is 5. The van der Waals surface area contributed by atoms with Crippen LogP contribution in [0.25, 0.3) is 10.2 Å². The summed E-state index contributed by atoms with van der Waals surface area (Å²) in [6, 6.07) is 14.3. The van der Waals surface area contributed by atoms with E-state index in [0.717, 1.165) is 29.1 Å². The molecule has 0 aliphatic heterocycles. The fourth-order valence-corrected chi connectivity index (χ4v) is 3.23.